The molecular formula is C19H18ClN4O4S-. The van der Waals surface area contributed by atoms with E-state index in [9.17, 15) is 13.6 Å². The van der Waals surface area contributed by atoms with Gasteiger partial charge < -0.3 is 9.66 Å². The molecule has 1 aromatic carbocycles. The van der Waals surface area contributed by atoms with Gasteiger partial charge in [0.1, 0.15) is 0 Å². The molecule has 0 amide bonds. The Balaban J connectivity index is 2.13. The smallest absolute Gasteiger partial charge is 0.338 e. The second-order valence-electron chi connectivity index (χ2n) is 7.28. The SMILES string of the molecule is CC(C)(C)c1ccc(N(c2cc(Cl)cnc2-n2cc(C(=O)O)cn2)S(=O)[O-])cc1. The molecule has 29 heavy (non-hydrogen) atoms. The van der Waals surface area contributed by atoms with Gasteiger partial charge in [-0.25, -0.2) is 14.5 Å². The normalized spacial score (nSPS) is 12.6. The quantitative estimate of drug-likeness (QED) is 0.611. The monoisotopic (exact) mass is 433 g/mol. The third-order valence-corrected chi connectivity index (χ3v) is 5.11. The molecule has 0 spiro atoms. The largest absolute Gasteiger partial charge is 0.755 e. The molecule has 8 nitrogen and oxygen atoms in total. The Labute approximate surface area is 175 Å². The zero-order chi connectivity index (χ0) is 21.3. The Morgan fingerprint density at radius 3 is 2.41 bits per heavy atom. The molecule has 0 bridgehead atoms. The van der Waals surface area contributed by atoms with Crippen molar-refractivity contribution in [2.24, 2.45) is 0 Å². The maximum atomic E-state index is 12.1. The van der Waals surface area contributed by atoms with Crippen LogP contribution in [0.2, 0.25) is 5.02 Å². The lowest BCUT2D eigenvalue weighted by Gasteiger charge is -2.28. The zero-order valence-electron chi connectivity index (χ0n) is 15.9. The molecule has 0 saturated heterocycles. The van der Waals surface area contributed by atoms with Crippen LogP contribution in [0.25, 0.3) is 5.82 Å². The van der Waals surface area contributed by atoms with Crippen LogP contribution in [0.5, 0.6) is 0 Å². The van der Waals surface area contributed by atoms with Crippen LogP contribution in [0.1, 0.15) is 36.7 Å². The standard InChI is InChI=1S/C19H19ClN4O4S/c1-19(2,3)13-4-6-15(7-5-13)24(29(27)28)16-8-14(20)10-21-17(16)23-11-12(9-22-23)18(25)26/h4-11H,1-3H3,(H,25,26)(H,27,28)/p-1. The Hall–Kier alpha value is -2.75. The molecule has 152 valence electrons. The molecule has 0 aliphatic carbocycles. The van der Waals surface area contributed by atoms with Crippen molar-refractivity contribution in [1.82, 2.24) is 14.8 Å². The van der Waals surface area contributed by atoms with Gasteiger partial charge in [0.15, 0.2) is 5.82 Å². The third-order valence-electron chi connectivity index (χ3n) is 4.20. The first-order valence-corrected chi connectivity index (χ1v) is 9.93. The fourth-order valence-corrected chi connectivity index (χ4v) is 3.44. The van der Waals surface area contributed by atoms with Gasteiger partial charge in [0.2, 0.25) is 0 Å². The Morgan fingerprint density at radius 1 is 1.24 bits per heavy atom. The van der Waals surface area contributed by atoms with Gasteiger partial charge in [-0.3, -0.25) is 8.51 Å². The summed E-state index contributed by atoms with van der Waals surface area (Å²) >= 11 is 3.37. The summed E-state index contributed by atoms with van der Waals surface area (Å²) in [7, 11) is 0. The second kappa shape index (κ2) is 7.94. The van der Waals surface area contributed by atoms with E-state index in [1.807, 2.05) is 12.1 Å². The van der Waals surface area contributed by atoms with Gasteiger partial charge in [0, 0.05) is 12.4 Å². The highest BCUT2D eigenvalue weighted by Crippen LogP contribution is 2.34. The highest BCUT2D eigenvalue weighted by molar-refractivity contribution is 7.81. The van der Waals surface area contributed by atoms with E-state index in [1.165, 1.54) is 23.1 Å². The molecule has 2 heterocycles. The number of aromatic nitrogens is 3. The van der Waals surface area contributed by atoms with Gasteiger partial charge in [-0.15, -0.1) is 0 Å². The fraction of sp³-hybridized carbons (Fsp3) is 0.211. The number of rotatable bonds is 5. The number of aromatic carboxylic acids is 1. The number of carbonyl (C=O) groups is 1. The number of nitrogens with zero attached hydrogens (tertiary/aromatic N) is 4. The number of hydrogen-bond donors (Lipinski definition) is 1. The number of carboxylic acid groups (broad SMARTS) is 1. The molecule has 10 heteroatoms. The van der Waals surface area contributed by atoms with Crippen LogP contribution >= 0.6 is 11.6 Å². The molecule has 0 fully saturated rings. The highest BCUT2D eigenvalue weighted by Gasteiger charge is 2.21. The predicted molar refractivity (Wildman–Crippen MR) is 110 cm³/mol. The van der Waals surface area contributed by atoms with Crippen molar-refractivity contribution < 1.29 is 18.7 Å². The summed E-state index contributed by atoms with van der Waals surface area (Å²) in [6, 6.07) is 8.51. The number of benzene rings is 1. The molecule has 1 atom stereocenters. The van der Waals surface area contributed by atoms with Gasteiger partial charge in [-0.05, 0) is 29.2 Å². The fourth-order valence-electron chi connectivity index (χ4n) is 2.70. The minimum absolute atomic E-state index is 0.0583. The van der Waals surface area contributed by atoms with E-state index in [4.69, 9.17) is 16.7 Å². The first-order chi connectivity index (χ1) is 13.6. The van der Waals surface area contributed by atoms with Crippen molar-refractivity contribution >= 4 is 40.2 Å². The van der Waals surface area contributed by atoms with Gasteiger partial charge in [0.25, 0.3) is 0 Å². The summed E-state index contributed by atoms with van der Waals surface area (Å²) in [4.78, 5) is 15.3. The van der Waals surface area contributed by atoms with E-state index in [-0.39, 0.29) is 27.5 Å². The van der Waals surface area contributed by atoms with E-state index in [2.05, 4.69) is 30.9 Å². The third kappa shape index (κ3) is 4.47. The van der Waals surface area contributed by atoms with Crippen LogP contribution < -0.4 is 4.31 Å². The Kier molecular flexibility index (Phi) is 5.74. The van der Waals surface area contributed by atoms with Crippen LogP contribution in [0.3, 0.4) is 0 Å². The van der Waals surface area contributed by atoms with E-state index < -0.39 is 17.2 Å². The van der Waals surface area contributed by atoms with Gasteiger partial charge in [0.05, 0.1) is 39.4 Å². The maximum Gasteiger partial charge on any atom is 0.338 e. The van der Waals surface area contributed by atoms with Crippen LogP contribution in [0.15, 0.2) is 48.9 Å². The van der Waals surface area contributed by atoms with Crippen molar-refractivity contribution in [1.29, 1.82) is 0 Å². The molecule has 0 aliphatic heterocycles. The zero-order valence-corrected chi connectivity index (χ0v) is 17.4. The molecule has 1 N–H and O–H groups in total. The lowest BCUT2D eigenvalue weighted by molar-refractivity contribution is 0.0697. The van der Waals surface area contributed by atoms with Crippen molar-refractivity contribution in [3.05, 3.63) is 65.1 Å². The van der Waals surface area contributed by atoms with Crippen molar-refractivity contribution in [3.8, 4) is 5.82 Å². The average molecular weight is 434 g/mol. The Bertz CT molecular complexity index is 1080. The molecule has 0 radical (unpaired) electrons. The number of halogens is 1. The number of anilines is 2. The molecule has 3 aromatic rings. The van der Waals surface area contributed by atoms with E-state index in [0.717, 1.165) is 16.1 Å². The minimum atomic E-state index is -2.70. The van der Waals surface area contributed by atoms with Crippen LogP contribution in [-0.4, -0.2) is 34.6 Å². The molecular weight excluding hydrogens is 416 g/mol. The summed E-state index contributed by atoms with van der Waals surface area (Å²) in [6.07, 6.45) is 3.73. The van der Waals surface area contributed by atoms with Gasteiger partial charge in [-0.2, -0.15) is 5.10 Å². The summed E-state index contributed by atoms with van der Waals surface area (Å²) in [5.74, 6) is -1.04. The number of carboxylic acids is 1. The van der Waals surface area contributed by atoms with E-state index in [0.29, 0.717) is 5.69 Å². The minimum Gasteiger partial charge on any atom is -0.755 e. The van der Waals surface area contributed by atoms with Crippen molar-refractivity contribution in [2.45, 2.75) is 26.2 Å². The summed E-state index contributed by atoms with van der Waals surface area (Å²) in [5, 5.41) is 13.3. The molecule has 0 saturated carbocycles. The highest BCUT2D eigenvalue weighted by atomic mass is 35.5. The summed E-state index contributed by atoms with van der Waals surface area (Å²) in [5.41, 5.74) is 1.40. The van der Waals surface area contributed by atoms with Crippen molar-refractivity contribution in [2.75, 3.05) is 4.31 Å². The summed E-state index contributed by atoms with van der Waals surface area (Å²) < 4.78 is 26.5. The predicted octanol–water partition coefficient (Wildman–Crippen LogP) is 3.85. The van der Waals surface area contributed by atoms with Gasteiger partial charge in [-0.1, -0.05) is 44.5 Å². The van der Waals surface area contributed by atoms with Crippen LogP contribution in [0.4, 0.5) is 11.4 Å². The number of pyridine rings is 1. The molecule has 1 unspecified atom stereocenters. The Morgan fingerprint density at radius 2 is 1.90 bits per heavy atom. The lowest BCUT2D eigenvalue weighted by atomic mass is 9.87. The maximum absolute atomic E-state index is 12.1. The first kappa shape index (κ1) is 21.0. The van der Waals surface area contributed by atoms with Gasteiger partial charge >= 0.3 is 5.97 Å². The van der Waals surface area contributed by atoms with E-state index in [1.54, 1.807) is 12.1 Å². The molecule has 0 aliphatic rings. The van der Waals surface area contributed by atoms with E-state index >= 15 is 0 Å². The first-order valence-electron chi connectivity index (χ1n) is 8.52. The van der Waals surface area contributed by atoms with Crippen molar-refractivity contribution in [3.63, 3.8) is 0 Å². The topological polar surface area (TPSA) is 111 Å². The summed E-state index contributed by atoms with van der Waals surface area (Å²) in [6.45, 7) is 6.17. The molecule has 2 aromatic heterocycles. The van der Waals surface area contributed by atoms with Crippen LogP contribution in [-0.2, 0) is 16.7 Å². The average Bonchev–Trinajstić information content (AvgIpc) is 3.12. The second-order valence-corrected chi connectivity index (χ2v) is 8.52. The molecule has 3 rings (SSSR count). The lowest BCUT2D eigenvalue weighted by Crippen LogP contribution is -2.22. The number of hydrogen-bond acceptors (Lipinski definition) is 5. The van der Waals surface area contributed by atoms with Crippen LogP contribution in [0, 0.1) is 0 Å².